The summed E-state index contributed by atoms with van der Waals surface area (Å²) in [4.78, 5) is 26.5. The van der Waals surface area contributed by atoms with Crippen molar-refractivity contribution in [3.8, 4) is 0 Å². The van der Waals surface area contributed by atoms with Crippen LogP contribution in [-0.2, 0) is 14.3 Å². The third kappa shape index (κ3) is 4.84. The molecule has 6 nitrogen and oxygen atoms in total. The zero-order valence-corrected chi connectivity index (χ0v) is 25.6. The molecule has 222 valence electrons. The van der Waals surface area contributed by atoms with Crippen molar-refractivity contribution in [1.29, 1.82) is 0 Å². The second kappa shape index (κ2) is 10.2. The molecule has 0 aromatic heterocycles. The fourth-order valence-corrected chi connectivity index (χ4v) is 9.77. The van der Waals surface area contributed by atoms with Crippen molar-refractivity contribution in [2.24, 2.45) is 39.4 Å². The Labute approximate surface area is 236 Å². The molecule has 0 unspecified atom stereocenters. The van der Waals surface area contributed by atoms with Crippen molar-refractivity contribution in [3.63, 3.8) is 0 Å². The number of hydrogen-bond acceptors (Lipinski definition) is 6. The van der Waals surface area contributed by atoms with Crippen LogP contribution in [0.1, 0.15) is 119 Å². The van der Waals surface area contributed by atoms with Gasteiger partial charge in [-0.1, -0.05) is 52.7 Å². The topological polar surface area (TPSA) is 104 Å². The van der Waals surface area contributed by atoms with Gasteiger partial charge in [0.2, 0.25) is 0 Å². The van der Waals surface area contributed by atoms with E-state index in [-0.39, 0.29) is 52.4 Å². The van der Waals surface area contributed by atoms with Crippen LogP contribution in [0.4, 0.5) is 0 Å². The first-order chi connectivity index (χ1) is 18.0. The summed E-state index contributed by atoms with van der Waals surface area (Å²) in [6.45, 7) is 15.3. The summed E-state index contributed by atoms with van der Waals surface area (Å²) in [7, 11) is 0. The Morgan fingerprint density at radius 1 is 1.15 bits per heavy atom. The number of aliphatic hydroxyl groups is 3. The van der Waals surface area contributed by atoms with Crippen molar-refractivity contribution in [3.05, 3.63) is 11.6 Å². The highest BCUT2D eigenvalue weighted by molar-refractivity contribution is 5.91. The predicted octanol–water partition coefficient (Wildman–Crippen LogP) is 5.76. The SMILES string of the molecule is CCCCOC(=O)CC[C@]1(C)[C@H]2CC=C3[C@@H]4C[C@](C)(CO)CC[C@]4(O)C(=O)C[C@@]3(C)[C@]2(C)CC[C@H]1C(C)(C)O. The van der Waals surface area contributed by atoms with E-state index in [1.54, 1.807) is 0 Å². The van der Waals surface area contributed by atoms with E-state index in [0.29, 0.717) is 45.1 Å². The lowest BCUT2D eigenvalue weighted by atomic mass is 9.36. The summed E-state index contributed by atoms with van der Waals surface area (Å²) in [5.74, 6) is -0.333. The van der Waals surface area contributed by atoms with Gasteiger partial charge in [-0.05, 0) is 93.3 Å². The van der Waals surface area contributed by atoms with Crippen LogP contribution < -0.4 is 0 Å². The molecule has 0 aliphatic heterocycles. The summed E-state index contributed by atoms with van der Waals surface area (Å²) >= 11 is 0. The van der Waals surface area contributed by atoms with Gasteiger partial charge in [0, 0.05) is 30.8 Å². The van der Waals surface area contributed by atoms with Gasteiger partial charge >= 0.3 is 5.97 Å². The Hall–Kier alpha value is -1.24. The number of aliphatic hydroxyl groups excluding tert-OH is 1. The number of allylic oxidation sites excluding steroid dienone is 1. The fraction of sp³-hybridized carbons (Fsp3) is 0.879. The highest BCUT2D eigenvalue weighted by atomic mass is 16.5. The van der Waals surface area contributed by atoms with Crippen LogP contribution in [0.15, 0.2) is 11.6 Å². The molecule has 8 atom stereocenters. The van der Waals surface area contributed by atoms with Crippen LogP contribution in [0.3, 0.4) is 0 Å². The molecule has 6 heteroatoms. The van der Waals surface area contributed by atoms with Gasteiger partial charge in [-0.25, -0.2) is 0 Å². The minimum atomic E-state index is -1.35. The quantitative estimate of drug-likeness (QED) is 0.203. The molecule has 0 amide bonds. The molecule has 4 aliphatic rings. The lowest BCUT2D eigenvalue weighted by Gasteiger charge is -2.69. The first kappa shape index (κ1) is 30.7. The molecule has 0 aromatic rings. The number of hydrogen-bond donors (Lipinski definition) is 3. The predicted molar refractivity (Wildman–Crippen MR) is 152 cm³/mol. The Balaban J connectivity index is 1.73. The van der Waals surface area contributed by atoms with E-state index in [2.05, 4.69) is 40.7 Å². The first-order valence-corrected chi connectivity index (χ1v) is 15.5. The van der Waals surface area contributed by atoms with Crippen molar-refractivity contribution in [2.45, 2.75) is 130 Å². The normalized spacial score (nSPS) is 44.1. The van der Waals surface area contributed by atoms with Crippen LogP contribution in [0.2, 0.25) is 0 Å². The second-order valence-corrected chi connectivity index (χ2v) is 15.3. The number of ether oxygens (including phenoxy) is 1. The van der Waals surface area contributed by atoms with Crippen LogP contribution in [0.25, 0.3) is 0 Å². The summed E-state index contributed by atoms with van der Waals surface area (Å²) in [5, 5.41) is 33.3. The molecule has 4 aliphatic carbocycles. The summed E-state index contributed by atoms with van der Waals surface area (Å²) in [5.41, 5.74) is -2.34. The molecule has 0 bridgehead atoms. The van der Waals surface area contributed by atoms with Gasteiger partial charge in [-0.2, -0.15) is 0 Å². The van der Waals surface area contributed by atoms with Gasteiger partial charge in [0.25, 0.3) is 0 Å². The Morgan fingerprint density at radius 3 is 2.46 bits per heavy atom. The number of fused-ring (bicyclic) bond motifs is 5. The molecule has 0 aromatic carbocycles. The average Bonchev–Trinajstić information content (AvgIpc) is 2.85. The summed E-state index contributed by atoms with van der Waals surface area (Å²) in [6.07, 6.45) is 9.58. The third-order valence-electron chi connectivity index (χ3n) is 12.4. The van der Waals surface area contributed by atoms with Crippen LogP contribution in [0.5, 0.6) is 0 Å². The van der Waals surface area contributed by atoms with E-state index in [9.17, 15) is 24.9 Å². The van der Waals surface area contributed by atoms with E-state index in [4.69, 9.17) is 4.74 Å². The van der Waals surface area contributed by atoms with Crippen LogP contribution in [0, 0.1) is 39.4 Å². The fourth-order valence-electron chi connectivity index (χ4n) is 9.77. The maximum atomic E-state index is 13.8. The van der Waals surface area contributed by atoms with Crippen molar-refractivity contribution in [1.82, 2.24) is 0 Å². The summed E-state index contributed by atoms with van der Waals surface area (Å²) < 4.78 is 5.51. The molecular formula is C33H54O6. The van der Waals surface area contributed by atoms with Gasteiger partial charge in [-0.15, -0.1) is 0 Å². The smallest absolute Gasteiger partial charge is 0.305 e. The molecule has 0 saturated heterocycles. The zero-order chi connectivity index (χ0) is 29.1. The second-order valence-electron chi connectivity index (χ2n) is 15.3. The number of esters is 1. The molecule has 0 spiro atoms. The minimum Gasteiger partial charge on any atom is -0.466 e. The molecular weight excluding hydrogens is 492 g/mol. The molecule has 39 heavy (non-hydrogen) atoms. The molecule has 3 N–H and O–H groups in total. The van der Waals surface area contributed by atoms with Crippen LogP contribution in [-0.4, -0.2) is 51.5 Å². The van der Waals surface area contributed by atoms with Crippen LogP contribution >= 0.6 is 0 Å². The van der Waals surface area contributed by atoms with Crippen molar-refractivity contribution < 1.29 is 29.6 Å². The maximum Gasteiger partial charge on any atom is 0.305 e. The number of ketones is 1. The number of unbranched alkanes of at least 4 members (excludes halogenated alkanes) is 1. The molecule has 4 rings (SSSR count). The Bertz CT molecular complexity index is 997. The van der Waals surface area contributed by atoms with Crippen molar-refractivity contribution in [2.75, 3.05) is 13.2 Å². The van der Waals surface area contributed by atoms with E-state index in [1.165, 1.54) is 5.57 Å². The van der Waals surface area contributed by atoms with Gasteiger partial charge in [-0.3, -0.25) is 9.59 Å². The zero-order valence-electron chi connectivity index (χ0n) is 25.6. The summed E-state index contributed by atoms with van der Waals surface area (Å²) in [6, 6.07) is 0. The Kier molecular flexibility index (Phi) is 8.06. The number of carbonyl (C=O) groups is 2. The highest BCUT2D eigenvalue weighted by Crippen LogP contribution is 2.72. The maximum absolute atomic E-state index is 13.8. The molecule has 0 heterocycles. The van der Waals surface area contributed by atoms with Gasteiger partial charge in [0.15, 0.2) is 5.78 Å². The van der Waals surface area contributed by atoms with E-state index in [0.717, 1.165) is 32.1 Å². The first-order valence-electron chi connectivity index (χ1n) is 15.5. The van der Waals surface area contributed by atoms with E-state index < -0.39 is 16.6 Å². The number of carbonyl (C=O) groups excluding carboxylic acids is 2. The molecule has 3 fully saturated rings. The monoisotopic (exact) mass is 546 g/mol. The lowest BCUT2D eigenvalue weighted by Crippen LogP contribution is -2.66. The standard InChI is InChI=1S/C33H54O6/c1-8-9-18-39-27(36)13-14-30(5)24(28(2,3)37)12-15-31(6)25(30)11-10-22-23-19-29(4,21-34)16-17-33(23,38)26(35)20-32(22,31)7/h10,23-25,34,37-38H,8-9,11-21H2,1-7H3/t23-,24-,25+,29+,30-,31+,32+,33+/m0/s1. The van der Waals surface area contributed by atoms with Gasteiger partial charge in [0.05, 0.1) is 12.2 Å². The third-order valence-corrected chi connectivity index (χ3v) is 12.4. The van der Waals surface area contributed by atoms with Gasteiger partial charge in [0.1, 0.15) is 5.60 Å². The minimum absolute atomic E-state index is 0.00801. The Morgan fingerprint density at radius 2 is 1.85 bits per heavy atom. The lowest BCUT2D eigenvalue weighted by molar-refractivity contribution is -0.195. The molecule has 3 saturated carbocycles. The van der Waals surface area contributed by atoms with Gasteiger partial charge < -0.3 is 20.1 Å². The van der Waals surface area contributed by atoms with E-state index >= 15 is 0 Å². The van der Waals surface area contributed by atoms with Crippen molar-refractivity contribution >= 4 is 11.8 Å². The van der Waals surface area contributed by atoms with E-state index in [1.807, 2.05) is 13.8 Å². The molecule has 0 radical (unpaired) electrons. The number of Topliss-reactive ketones (excluding diaryl/α,β-unsaturated/α-hetero) is 1. The highest BCUT2D eigenvalue weighted by Gasteiger charge is 2.69. The average molecular weight is 547 g/mol. The number of rotatable bonds is 8. The largest absolute Gasteiger partial charge is 0.466 e.